The predicted octanol–water partition coefficient (Wildman–Crippen LogP) is 4.35. The summed E-state index contributed by atoms with van der Waals surface area (Å²) in [5.41, 5.74) is 0. The molecule has 0 aliphatic heterocycles. The second-order valence-electron chi connectivity index (χ2n) is 4.80. The van der Waals surface area contributed by atoms with Gasteiger partial charge >= 0.3 is 0 Å². The van der Waals surface area contributed by atoms with Crippen molar-refractivity contribution in [2.45, 2.75) is 26.3 Å². The second kappa shape index (κ2) is 5.15. The largest absolute Gasteiger partial charge is 0.312 e. The molecule has 1 N–H and O–H groups in total. The van der Waals surface area contributed by atoms with E-state index >= 15 is 0 Å². The van der Waals surface area contributed by atoms with Crippen molar-refractivity contribution in [3.8, 4) is 0 Å². The molecule has 1 atom stereocenters. The zero-order valence-corrected chi connectivity index (χ0v) is 11.3. The first-order valence-corrected chi connectivity index (χ1v) is 6.78. The van der Waals surface area contributed by atoms with E-state index in [0.717, 1.165) is 16.5 Å². The molecule has 1 unspecified atom stereocenters. The Balaban J connectivity index is 2.34. The lowest BCUT2D eigenvalue weighted by Crippen LogP contribution is -2.16. The minimum absolute atomic E-state index is 0.157. The van der Waals surface area contributed by atoms with Gasteiger partial charge in [-0.15, -0.1) is 11.3 Å². The Morgan fingerprint density at radius 1 is 1.29 bits per heavy atom. The van der Waals surface area contributed by atoms with E-state index < -0.39 is 0 Å². The molecule has 0 saturated heterocycles. The maximum atomic E-state index is 13.1. The van der Waals surface area contributed by atoms with Crippen LogP contribution in [-0.2, 0) is 0 Å². The molecule has 0 fully saturated rings. The number of rotatable bonds is 4. The molecule has 0 aliphatic carbocycles. The molecule has 2 rings (SSSR count). The molecule has 1 aromatic heterocycles. The molecule has 0 aliphatic rings. The molecule has 92 valence electrons. The van der Waals surface area contributed by atoms with Crippen LogP contribution < -0.4 is 5.32 Å². The smallest absolute Gasteiger partial charge is 0.124 e. The van der Waals surface area contributed by atoms with E-state index in [1.165, 1.54) is 10.9 Å². The predicted molar refractivity (Wildman–Crippen MR) is 73.0 cm³/mol. The van der Waals surface area contributed by atoms with E-state index in [4.69, 9.17) is 0 Å². The molecule has 3 heteroatoms. The number of hydrogen-bond acceptors (Lipinski definition) is 2. The highest BCUT2D eigenvalue weighted by molar-refractivity contribution is 7.19. The zero-order valence-electron chi connectivity index (χ0n) is 10.5. The highest BCUT2D eigenvalue weighted by atomic mass is 32.1. The van der Waals surface area contributed by atoms with E-state index in [2.05, 4.69) is 25.2 Å². The molecule has 0 radical (unpaired) electrons. The summed E-state index contributed by atoms with van der Waals surface area (Å²) < 4.78 is 14.2. The summed E-state index contributed by atoms with van der Waals surface area (Å²) in [4.78, 5) is 1.29. The third kappa shape index (κ3) is 2.85. The van der Waals surface area contributed by atoms with Crippen LogP contribution in [0.25, 0.3) is 10.1 Å². The van der Waals surface area contributed by atoms with Gasteiger partial charge in [0.25, 0.3) is 0 Å². The molecule has 1 nitrogen and oxygen atoms in total. The van der Waals surface area contributed by atoms with Crippen molar-refractivity contribution >= 4 is 21.4 Å². The van der Waals surface area contributed by atoms with Crippen LogP contribution in [0.3, 0.4) is 0 Å². The average molecular weight is 251 g/mol. The lowest BCUT2D eigenvalue weighted by molar-refractivity contribution is 0.462. The molecular weight excluding hydrogens is 233 g/mol. The SMILES string of the molecule is CNC(CC(C)C)c1cc2ccc(F)cc2s1. The van der Waals surface area contributed by atoms with E-state index in [1.807, 2.05) is 13.1 Å². The van der Waals surface area contributed by atoms with Crippen LogP contribution in [0.15, 0.2) is 24.3 Å². The second-order valence-corrected chi connectivity index (χ2v) is 5.92. The van der Waals surface area contributed by atoms with Gasteiger partial charge in [-0.05, 0) is 43.0 Å². The van der Waals surface area contributed by atoms with Gasteiger partial charge < -0.3 is 5.32 Å². The summed E-state index contributed by atoms with van der Waals surface area (Å²) in [6, 6.07) is 7.53. The van der Waals surface area contributed by atoms with E-state index in [-0.39, 0.29) is 5.82 Å². The first-order valence-electron chi connectivity index (χ1n) is 5.96. The Labute approximate surface area is 106 Å². The zero-order chi connectivity index (χ0) is 12.4. The van der Waals surface area contributed by atoms with Crippen molar-refractivity contribution < 1.29 is 4.39 Å². The highest BCUT2D eigenvalue weighted by Gasteiger charge is 2.14. The van der Waals surface area contributed by atoms with Gasteiger partial charge in [-0.25, -0.2) is 4.39 Å². The van der Waals surface area contributed by atoms with Gasteiger partial charge in [-0.3, -0.25) is 0 Å². The molecule has 2 aromatic rings. The molecule has 17 heavy (non-hydrogen) atoms. The fourth-order valence-electron chi connectivity index (χ4n) is 2.04. The van der Waals surface area contributed by atoms with Gasteiger partial charge in [-0.1, -0.05) is 19.9 Å². The summed E-state index contributed by atoms with van der Waals surface area (Å²) in [5.74, 6) is 0.491. The van der Waals surface area contributed by atoms with Gasteiger partial charge in [-0.2, -0.15) is 0 Å². The summed E-state index contributed by atoms with van der Waals surface area (Å²) in [6.45, 7) is 4.44. The summed E-state index contributed by atoms with van der Waals surface area (Å²) in [5, 5.41) is 4.48. The molecule has 0 spiro atoms. The minimum atomic E-state index is -0.157. The first kappa shape index (κ1) is 12.5. The van der Waals surface area contributed by atoms with Gasteiger partial charge in [0.1, 0.15) is 5.82 Å². The van der Waals surface area contributed by atoms with Gasteiger partial charge in [0.05, 0.1) is 0 Å². The van der Waals surface area contributed by atoms with E-state index in [1.54, 1.807) is 17.4 Å². The standard InChI is InChI=1S/C14H18FNS/c1-9(2)6-12(16-3)14-7-10-4-5-11(15)8-13(10)17-14/h4-5,7-9,12,16H,6H2,1-3H3. The normalized spacial score (nSPS) is 13.5. The fourth-order valence-corrected chi connectivity index (χ4v) is 3.26. The van der Waals surface area contributed by atoms with Gasteiger partial charge in [0, 0.05) is 15.6 Å². The van der Waals surface area contributed by atoms with Crippen molar-refractivity contribution in [2.24, 2.45) is 5.92 Å². The van der Waals surface area contributed by atoms with Crippen LogP contribution in [0.2, 0.25) is 0 Å². The number of thiophene rings is 1. The summed E-state index contributed by atoms with van der Waals surface area (Å²) in [6.07, 6.45) is 1.10. The molecular formula is C14H18FNS. The van der Waals surface area contributed by atoms with Crippen molar-refractivity contribution in [3.05, 3.63) is 35.0 Å². The van der Waals surface area contributed by atoms with Crippen molar-refractivity contribution in [1.82, 2.24) is 5.32 Å². The summed E-state index contributed by atoms with van der Waals surface area (Å²) in [7, 11) is 1.98. The lowest BCUT2D eigenvalue weighted by Gasteiger charge is -2.16. The van der Waals surface area contributed by atoms with Crippen LogP contribution in [0.1, 0.15) is 31.2 Å². The first-order chi connectivity index (χ1) is 8.10. The van der Waals surface area contributed by atoms with E-state index in [0.29, 0.717) is 12.0 Å². The molecule has 1 heterocycles. The van der Waals surface area contributed by atoms with Gasteiger partial charge in [0.15, 0.2) is 0 Å². The fraction of sp³-hybridized carbons (Fsp3) is 0.429. The van der Waals surface area contributed by atoms with Crippen LogP contribution in [0.4, 0.5) is 4.39 Å². The Kier molecular flexibility index (Phi) is 3.79. The van der Waals surface area contributed by atoms with Crippen molar-refractivity contribution in [3.63, 3.8) is 0 Å². The molecule has 0 bridgehead atoms. The summed E-state index contributed by atoms with van der Waals surface area (Å²) >= 11 is 1.68. The number of fused-ring (bicyclic) bond motifs is 1. The molecule has 1 aromatic carbocycles. The quantitative estimate of drug-likeness (QED) is 0.852. The average Bonchev–Trinajstić information content (AvgIpc) is 2.68. The highest BCUT2D eigenvalue weighted by Crippen LogP contribution is 2.32. The number of nitrogens with one attached hydrogen (secondary N) is 1. The van der Waals surface area contributed by atoms with Crippen LogP contribution in [0, 0.1) is 11.7 Å². The van der Waals surface area contributed by atoms with Crippen molar-refractivity contribution in [1.29, 1.82) is 0 Å². The Morgan fingerprint density at radius 2 is 2.06 bits per heavy atom. The Hall–Kier alpha value is -0.930. The lowest BCUT2D eigenvalue weighted by atomic mass is 10.0. The number of halogens is 1. The number of benzene rings is 1. The number of hydrogen-bond donors (Lipinski definition) is 1. The monoisotopic (exact) mass is 251 g/mol. The maximum Gasteiger partial charge on any atom is 0.124 e. The third-order valence-corrected chi connectivity index (χ3v) is 4.11. The maximum absolute atomic E-state index is 13.1. The van der Waals surface area contributed by atoms with Crippen LogP contribution in [0.5, 0.6) is 0 Å². The molecule has 0 saturated carbocycles. The van der Waals surface area contributed by atoms with Gasteiger partial charge in [0.2, 0.25) is 0 Å². The Morgan fingerprint density at radius 3 is 2.71 bits per heavy atom. The van der Waals surface area contributed by atoms with E-state index in [9.17, 15) is 4.39 Å². The Bertz CT molecular complexity index is 504. The third-order valence-electron chi connectivity index (χ3n) is 2.90. The van der Waals surface area contributed by atoms with Crippen LogP contribution in [-0.4, -0.2) is 7.05 Å². The minimum Gasteiger partial charge on any atom is -0.312 e. The topological polar surface area (TPSA) is 12.0 Å². The van der Waals surface area contributed by atoms with Crippen LogP contribution >= 0.6 is 11.3 Å². The van der Waals surface area contributed by atoms with Crippen molar-refractivity contribution in [2.75, 3.05) is 7.05 Å². The molecule has 0 amide bonds.